The Morgan fingerprint density at radius 1 is 1.05 bits per heavy atom. The molecule has 1 N–H and O–H groups in total. The van der Waals surface area contributed by atoms with Gasteiger partial charge in [0.15, 0.2) is 0 Å². The first-order valence-corrected chi connectivity index (χ1v) is 7.59. The van der Waals surface area contributed by atoms with Gasteiger partial charge in [0, 0.05) is 13.2 Å². The van der Waals surface area contributed by atoms with E-state index in [1.807, 2.05) is 0 Å². The topological polar surface area (TPSA) is 47.6 Å². The van der Waals surface area contributed by atoms with Crippen molar-refractivity contribution in [2.75, 3.05) is 14.2 Å². The molecule has 4 heteroatoms. The van der Waals surface area contributed by atoms with E-state index in [1.54, 1.807) is 7.11 Å². The summed E-state index contributed by atoms with van der Waals surface area (Å²) in [5.41, 5.74) is -0.466. The molecule has 0 aliphatic heterocycles. The number of carbonyl (C=O) groups is 1. The largest absolute Gasteiger partial charge is 0.468 e. The zero-order valence-electron chi connectivity index (χ0n) is 12.2. The van der Waals surface area contributed by atoms with E-state index < -0.39 is 5.54 Å². The molecule has 2 fully saturated rings. The smallest absolute Gasteiger partial charge is 0.326 e. The van der Waals surface area contributed by atoms with Crippen LogP contribution in [-0.2, 0) is 14.3 Å². The summed E-state index contributed by atoms with van der Waals surface area (Å²) in [4.78, 5) is 12.2. The Morgan fingerprint density at radius 3 is 2.21 bits per heavy atom. The van der Waals surface area contributed by atoms with Gasteiger partial charge in [-0.15, -0.1) is 0 Å². The maximum Gasteiger partial charge on any atom is 0.326 e. The molecule has 0 saturated heterocycles. The van der Waals surface area contributed by atoms with E-state index in [0.717, 1.165) is 25.7 Å². The fraction of sp³-hybridized carbons (Fsp3) is 0.933. The molecule has 0 heterocycles. The zero-order chi connectivity index (χ0) is 13.7. The van der Waals surface area contributed by atoms with Crippen LogP contribution in [0.5, 0.6) is 0 Å². The lowest BCUT2D eigenvalue weighted by molar-refractivity contribution is -0.152. The van der Waals surface area contributed by atoms with Crippen LogP contribution in [-0.4, -0.2) is 37.9 Å². The van der Waals surface area contributed by atoms with Crippen molar-refractivity contribution in [3.05, 3.63) is 0 Å². The quantitative estimate of drug-likeness (QED) is 0.796. The molecule has 19 heavy (non-hydrogen) atoms. The third-order valence-corrected chi connectivity index (χ3v) is 4.78. The minimum absolute atomic E-state index is 0.0902. The van der Waals surface area contributed by atoms with Crippen LogP contribution in [0.2, 0.25) is 0 Å². The van der Waals surface area contributed by atoms with Crippen molar-refractivity contribution < 1.29 is 14.3 Å². The standard InChI is InChI=1S/C15H27NO3/c1-18-13-8-10-15(11-9-13,14(17)19-2)16-12-6-4-3-5-7-12/h12-13,16H,3-11H2,1-2H3. The van der Waals surface area contributed by atoms with Crippen LogP contribution in [0.15, 0.2) is 0 Å². The summed E-state index contributed by atoms with van der Waals surface area (Å²) < 4.78 is 10.5. The predicted molar refractivity (Wildman–Crippen MR) is 74.0 cm³/mol. The Labute approximate surface area is 116 Å². The van der Waals surface area contributed by atoms with Gasteiger partial charge in [-0.2, -0.15) is 0 Å². The van der Waals surface area contributed by atoms with Gasteiger partial charge in [-0.05, 0) is 38.5 Å². The first-order valence-electron chi connectivity index (χ1n) is 7.59. The molecule has 2 saturated carbocycles. The zero-order valence-corrected chi connectivity index (χ0v) is 12.2. The molecule has 0 bridgehead atoms. The van der Waals surface area contributed by atoms with Crippen LogP contribution >= 0.6 is 0 Å². The van der Waals surface area contributed by atoms with Crippen molar-refractivity contribution in [3.8, 4) is 0 Å². The van der Waals surface area contributed by atoms with Gasteiger partial charge in [0.05, 0.1) is 13.2 Å². The molecule has 0 aromatic rings. The summed E-state index contributed by atoms with van der Waals surface area (Å²) in [7, 11) is 3.25. The van der Waals surface area contributed by atoms with Gasteiger partial charge in [-0.3, -0.25) is 10.1 Å². The average molecular weight is 269 g/mol. The number of methoxy groups -OCH3 is 2. The van der Waals surface area contributed by atoms with Gasteiger partial charge in [-0.25, -0.2) is 0 Å². The minimum atomic E-state index is -0.466. The Morgan fingerprint density at radius 2 is 1.68 bits per heavy atom. The second kappa shape index (κ2) is 6.71. The first-order chi connectivity index (χ1) is 9.20. The molecule has 110 valence electrons. The van der Waals surface area contributed by atoms with Gasteiger partial charge >= 0.3 is 5.97 Å². The third-order valence-electron chi connectivity index (χ3n) is 4.78. The summed E-state index contributed by atoms with van der Waals surface area (Å²) >= 11 is 0. The Hall–Kier alpha value is -0.610. The molecule has 0 aromatic heterocycles. The lowest BCUT2D eigenvalue weighted by Crippen LogP contribution is -2.59. The fourth-order valence-electron chi connectivity index (χ4n) is 3.56. The van der Waals surface area contributed by atoms with E-state index in [4.69, 9.17) is 9.47 Å². The SMILES string of the molecule is COC(=O)C1(NC2CCCCC2)CCC(OC)CC1. The van der Waals surface area contributed by atoms with Crippen molar-refractivity contribution in [1.29, 1.82) is 0 Å². The number of esters is 1. The number of ether oxygens (including phenoxy) is 2. The van der Waals surface area contributed by atoms with E-state index in [-0.39, 0.29) is 5.97 Å². The second-order valence-electron chi connectivity index (χ2n) is 5.99. The van der Waals surface area contributed by atoms with Crippen LogP contribution in [0, 0.1) is 0 Å². The first kappa shape index (κ1) is 14.8. The number of hydrogen-bond acceptors (Lipinski definition) is 4. The molecule has 2 aliphatic rings. The highest BCUT2D eigenvalue weighted by Gasteiger charge is 2.44. The molecular formula is C15H27NO3. The summed E-state index contributed by atoms with van der Waals surface area (Å²) in [5.74, 6) is -0.0902. The molecule has 2 rings (SSSR count). The van der Waals surface area contributed by atoms with Crippen molar-refractivity contribution in [2.45, 2.75) is 75.5 Å². The number of hydrogen-bond donors (Lipinski definition) is 1. The average Bonchev–Trinajstić information content (AvgIpc) is 2.48. The summed E-state index contributed by atoms with van der Waals surface area (Å²) in [5, 5.41) is 3.64. The molecule has 0 aromatic carbocycles. The van der Waals surface area contributed by atoms with Crippen molar-refractivity contribution >= 4 is 5.97 Å². The number of carbonyl (C=O) groups excluding carboxylic acids is 1. The number of rotatable bonds is 4. The van der Waals surface area contributed by atoms with Gasteiger partial charge in [0.1, 0.15) is 5.54 Å². The van der Waals surface area contributed by atoms with Crippen LogP contribution in [0.4, 0.5) is 0 Å². The highest BCUT2D eigenvalue weighted by molar-refractivity contribution is 5.81. The van der Waals surface area contributed by atoms with Crippen LogP contribution in [0.3, 0.4) is 0 Å². The van der Waals surface area contributed by atoms with Crippen molar-refractivity contribution in [3.63, 3.8) is 0 Å². The van der Waals surface area contributed by atoms with Gasteiger partial charge < -0.3 is 9.47 Å². The maximum absolute atomic E-state index is 12.2. The highest BCUT2D eigenvalue weighted by Crippen LogP contribution is 2.33. The molecule has 0 spiro atoms. The minimum Gasteiger partial charge on any atom is -0.468 e. The van der Waals surface area contributed by atoms with E-state index in [0.29, 0.717) is 12.1 Å². The summed E-state index contributed by atoms with van der Waals surface area (Å²) in [6.45, 7) is 0. The Balaban J connectivity index is 2.00. The van der Waals surface area contributed by atoms with Gasteiger partial charge in [0.25, 0.3) is 0 Å². The summed E-state index contributed by atoms with van der Waals surface area (Å²) in [6, 6.07) is 0.479. The number of nitrogens with one attached hydrogen (secondary N) is 1. The molecular weight excluding hydrogens is 242 g/mol. The van der Waals surface area contributed by atoms with Gasteiger partial charge in [-0.1, -0.05) is 19.3 Å². The highest BCUT2D eigenvalue weighted by atomic mass is 16.5. The molecule has 0 atom stereocenters. The van der Waals surface area contributed by atoms with E-state index in [9.17, 15) is 4.79 Å². The Bertz CT molecular complexity index is 292. The van der Waals surface area contributed by atoms with E-state index in [2.05, 4.69) is 5.32 Å². The van der Waals surface area contributed by atoms with Crippen LogP contribution in [0.1, 0.15) is 57.8 Å². The second-order valence-corrected chi connectivity index (χ2v) is 5.99. The van der Waals surface area contributed by atoms with E-state index in [1.165, 1.54) is 39.2 Å². The fourth-order valence-corrected chi connectivity index (χ4v) is 3.56. The molecule has 2 aliphatic carbocycles. The van der Waals surface area contributed by atoms with Crippen LogP contribution < -0.4 is 5.32 Å². The van der Waals surface area contributed by atoms with Gasteiger partial charge in [0.2, 0.25) is 0 Å². The molecule has 0 radical (unpaired) electrons. The normalized spacial score (nSPS) is 33.1. The van der Waals surface area contributed by atoms with E-state index >= 15 is 0 Å². The van der Waals surface area contributed by atoms with Crippen molar-refractivity contribution in [1.82, 2.24) is 5.32 Å². The van der Waals surface area contributed by atoms with Crippen molar-refractivity contribution in [2.24, 2.45) is 0 Å². The molecule has 4 nitrogen and oxygen atoms in total. The predicted octanol–water partition coefficient (Wildman–Crippen LogP) is 2.41. The van der Waals surface area contributed by atoms with Crippen LogP contribution in [0.25, 0.3) is 0 Å². The monoisotopic (exact) mass is 269 g/mol. The maximum atomic E-state index is 12.2. The lowest BCUT2D eigenvalue weighted by atomic mass is 9.78. The lowest BCUT2D eigenvalue weighted by Gasteiger charge is -2.41. The molecule has 0 unspecified atom stereocenters. The summed E-state index contributed by atoms with van der Waals surface area (Å²) in [6.07, 6.45) is 10.1. The molecule has 0 amide bonds. The third kappa shape index (κ3) is 3.48. The Kier molecular flexibility index (Phi) is 5.22.